The molecule has 5 nitrogen and oxygen atoms in total. The van der Waals surface area contributed by atoms with Crippen molar-refractivity contribution >= 4 is 15.7 Å². The Balaban J connectivity index is 2.33. The number of amides is 1. The van der Waals surface area contributed by atoms with Crippen LogP contribution in [0.4, 0.5) is 0 Å². The molecule has 0 aliphatic carbocycles. The van der Waals surface area contributed by atoms with Crippen LogP contribution < -0.4 is 10.1 Å². The summed E-state index contributed by atoms with van der Waals surface area (Å²) in [7, 11) is -1.91. The number of nitrogens with one attached hydrogen (secondary N) is 1. The molecule has 0 fully saturated rings. The molecule has 0 spiro atoms. The van der Waals surface area contributed by atoms with Gasteiger partial charge in [0.25, 0.3) is 5.91 Å². The Morgan fingerprint density at radius 2 is 1.83 bits per heavy atom. The number of sulfone groups is 1. The summed E-state index contributed by atoms with van der Waals surface area (Å²) in [4.78, 5) is 12.6. The van der Waals surface area contributed by atoms with Crippen LogP contribution in [0.5, 0.6) is 5.75 Å². The molecule has 24 heavy (non-hydrogen) atoms. The van der Waals surface area contributed by atoms with E-state index in [-0.39, 0.29) is 16.5 Å². The molecule has 6 heteroatoms. The van der Waals surface area contributed by atoms with Gasteiger partial charge in [0.2, 0.25) is 0 Å². The van der Waals surface area contributed by atoms with E-state index in [1.54, 1.807) is 19.2 Å². The first-order valence-electron chi connectivity index (χ1n) is 7.48. The summed E-state index contributed by atoms with van der Waals surface area (Å²) in [6.07, 6.45) is 1.09. The zero-order valence-corrected chi connectivity index (χ0v) is 15.0. The Labute approximate surface area is 142 Å². The molecule has 2 aromatic rings. The van der Waals surface area contributed by atoms with E-state index < -0.39 is 15.7 Å². The molecule has 1 atom stereocenters. The third kappa shape index (κ3) is 3.94. The number of carbonyl (C=O) groups is 1. The normalized spacial score (nSPS) is 12.5. The Bertz CT molecular complexity index is 859. The average Bonchev–Trinajstić information content (AvgIpc) is 2.53. The molecule has 0 bridgehead atoms. The molecule has 1 unspecified atom stereocenters. The van der Waals surface area contributed by atoms with Crippen LogP contribution >= 0.6 is 0 Å². The molecule has 0 aliphatic heterocycles. The molecule has 0 aromatic heterocycles. The molecule has 0 saturated carbocycles. The Morgan fingerprint density at radius 3 is 2.46 bits per heavy atom. The summed E-state index contributed by atoms with van der Waals surface area (Å²) in [6.45, 7) is 3.79. The van der Waals surface area contributed by atoms with Gasteiger partial charge in [0, 0.05) is 11.8 Å². The van der Waals surface area contributed by atoms with Crippen LogP contribution in [0, 0.1) is 6.92 Å². The van der Waals surface area contributed by atoms with Crippen molar-refractivity contribution in [2.45, 2.75) is 24.8 Å². The smallest absolute Gasteiger partial charge is 0.253 e. The Hall–Kier alpha value is -2.34. The first-order valence-corrected chi connectivity index (χ1v) is 9.37. The standard InChI is InChI=1S/C18H21NO4S/c1-12-9-10-16(23-3)15(11-12)13(2)19-18(20)14-7-5-6-8-17(14)24(4,21)22/h5-11,13H,1-4H3,(H,19,20). The van der Waals surface area contributed by atoms with Crippen molar-refractivity contribution in [3.63, 3.8) is 0 Å². The van der Waals surface area contributed by atoms with Gasteiger partial charge in [-0.2, -0.15) is 0 Å². The fourth-order valence-electron chi connectivity index (χ4n) is 2.52. The zero-order chi connectivity index (χ0) is 17.9. The highest BCUT2D eigenvalue weighted by molar-refractivity contribution is 7.90. The van der Waals surface area contributed by atoms with Gasteiger partial charge in [0.15, 0.2) is 9.84 Å². The molecular formula is C18H21NO4S. The molecule has 128 valence electrons. The van der Waals surface area contributed by atoms with Crippen LogP contribution in [0.15, 0.2) is 47.4 Å². The second kappa shape index (κ2) is 7.05. The minimum Gasteiger partial charge on any atom is -0.496 e. The van der Waals surface area contributed by atoms with Gasteiger partial charge in [0.1, 0.15) is 5.75 Å². The molecule has 0 aliphatic rings. The predicted molar refractivity (Wildman–Crippen MR) is 93.2 cm³/mol. The summed E-state index contributed by atoms with van der Waals surface area (Å²) in [5, 5.41) is 2.84. The fraction of sp³-hybridized carbons (Fsp3) is 0.278. The molecule has 2 aromatic carbocycles. The van der Waals surface area contributed by atoms with E-state index in [1.807, 2.05) is 32.0 Å². The van der Waals surface area contributed by atoms with Gasteiger partial charge in [0.05, 0.1) is 23.6 Å². The minimum atomic E-state index is -3.48. The molecule has 1 amide bonds. The van der Waals surface area contributed by atoms with Crippen LogP contribution in [0.1, 0.15) is 34.5 Å². The van der Waals surface area contributed by atoms with Gasteiger partial charge in [-0.3, -0.25) is 4.79 Å². The van der Waals surface area contributed by atoms with Crippen molar-refractivity contribution in [2.24, 2.45) is 0 Å². The highest BCUT2D eigenvalue weighted by Gasteiger charge is 2.21. The first kappa shape index (κ1) is 18.0. The van der Waals surface area contributed by atoms with E-state index in [2.05, 4.69) is 5.32 Å². The van der Waals surface area contributed by atoms with Crippen molar-refractivity contribution in [3.8, 4) is 5.75 Å². The van der Waals surface area contributed by atoms with E-state index >= 15 is 0 Å². The number of rotatable bonds is 5. The van der Waals surface area contributed by atoms with E-state index in [1.165, 1.54) is 12.1 Å². The monoisotopic (exact) mass is 347 g/mol. The van der Waals surface area contributed by atoms with Crippen molar-refractivity contribution < 1.29 is 17.9 Å². The maximum atomic E-state index is 12.6. The van der Waals surface area contributed by atoms with Crippen LogP contribution in [0.25, 0.3) is 0 Å². The average molecular weight is 347 g/mol. The van der Waals surface area contributed by atoms with Gasteiger partial charge >= 0.3 is 0 Å². The lowest BCUT2D eigenvalue weighted by molar-refractivity contribution is 0.0936. The first-order chi connectivity index (χ1) is 11.2. The van der Waals surface area contributed by atoms with E-state index in [0.717, 1.165) is 17.4 Å². The third-order valence-corrected chi connectivity index (χ3v) is 4.89. The fourth-order valence-corrected chi connectivity index (χ4v) is 3.41. The lowest BCUT2D eigenvalue weighted by Gasteiger charge is -2.18. The van der Waals surface area contributed by atoms with Gasteiger partial charge in [-0.05, 0) is 32.0 Å². The lowest BCUT2D eigenvalue weighted by Crippen LogP contribution is -2.28. The Kier molecular flexibility index (Phi) is 5.29. The van der Waals surface area contributed by atoms with E-state index in [9.17, 15) is 13.2 Å². The molecular weight excluding hydrogens is 326 g/mol. The van der Waals surface area contributed by atoms with Crippen molar-refractivity contribution in [2.75, 3.05) is 13.4 Å². The van der Waals surface area contributed by atoms with Gasteiger partial charge in [-0.1, -0.05) is 29.8 Å². The number of hydrogen-bond donors (Lipinski definition) is 1. The van der Waals surface area contributed by atoms with Gasteiger partial charge in [-0.25, -0.2) is 8.42 Å². The zero-order valence-electron chi connectivity index (χ0n) is 14.2. The van der Waals surface area contributed by atoms with Crippen LogP contribution in [-0.4, -0.2) is 27.7 Å². The van der Waals surface area contributed by atoms with Crippen molar-refractivity contribution in [3.05, 3.63) is 59.2 Å². The highest BCUT2D eigenvalue weighted by Crippen LogP contribution is 2.26. The molecule has 0 radical (unpaired) electrons. The van der Waals surface area contributed by atoms with Crippen LogP contribution in [0.2, 0.25) is 0 Å². The van der Waals surface area contributed by atoms with E-state index in [4.69, 9.17) is 4.74 Å². The Morgan fingerprint density at radius 1 is 1.17 bits per heavy atom. The number of methoxy groups -OCH3 is 1. The second-order valence-corrected chi connectivity index (χ2v) is 7.69. The summed E-state index contributed by atoms with van der Waals surface area (Å²) in [5.41, 5.74) is 2.02. The number of hydrogen-bond acceptors (Lipinski definition) is 4. The van der Waals surface area contributed by atoms with E-state index in [0.29, 0.717) is 5.75 Å². The van der Waals surface area contributed by atoms with Crippen LogP contribution in [-0.2, 0) is 9.84 Å². The highest BCUT2D eigenvalue weighted by atomic mass is 32.2. The van der Waals surface area contributed by atoms with Crippen LogP contribution in [0.3, 0.4) is 0 Å². The van der Waals surface area contributed by atoms with Crippen molar-refractivity contribution in [1.29, 1.82) is 0 Å². The molecule has 2 rings (SSSR count). The SMILES string of the molecule is COc1ccc(C)cc1C(C)NC(=O)c1ccccc1S(C)(=O)=O. The van der Waals surface area contributed by atoms with Gasteiger partial charge < -0.3 is 10.1 Å². The topological polar surface area (TPSA) is 72.5 Å². The maximum absolute atomic E-state index is 12.6. The molecule has 0 saturated heterocycles. The summed E-state index contributed by atoms with van der Waals surface area (Å²) >= 11 is 0. The number of benzene rings is 2. The predicted octanol–water partition coefficient (Wildman–Crippen LogP) is 2.90. The third-order valence-electron chi connectivity index (χ3n) is 3.73. The number of ether oxygens (including phenoxy) is 1. The molecule has 1 N–H and O–H groups in total. The minimum absolute atomic E-state index is 0.0194. The van der Waals surface area contributed by atoms with Gasteiger partial charge in [-0.15, -0.1) is 0 Å². The quantitative estimate of drug-likeness (QED) is 0.903. The second-order valence-electron chi connectivity index (χ2n) is 5.71. The molecule has 0 heterocycles. The number of carbonyl (C=O) groups excluding carboxylic acids is 1. The summed E-state index contributed by atoms with van der Waals surface area (Å²) in [5.74, 6) is 0.233. The summed E-state index contributed by atoms with van der Waals surface area (Å²) < 4.78 is 29.1. The lowest BCUT2D eigenvalue weighted by atomic mass is 10.0. The number of aryl methyl sites for hydroxylation is 1. The van der Waals surface area contributed by atoms with Crippen molar-refractivity contribution in [1.82, 2.24) is 5.32 Å². The summed E-state index contributed by atoms with van der Waals surface area (Å²) in [6, 6.07) is 11.6. The largest absolute Gasteiger partial charge is 0.496 e. The maximum Gasteiger partial charge on any atom is 0.253 e.